The van der Waals surface area contributed by atoms with Crippen molar-refractivity contribution >= 4 is 23.5 Å². The number of hydrogen-bond acceptors (Lipinski definition) is 2. The van der Waals surface area contributed by atoms with E-state index in [4.69, 9.17) is 11.6 Å². The summed E-state index contributed by atoms with van der Waals surface area (Å²) in [5.41, 5.74) is -0.633. The van der Waals surface area contributed by atoms with Gasteiger partial charge in [-0.3, -0.25) is 4.79 Å². The fourth-order valence-corrected chi connectivity index (χ4v) is 3.31. The van der Waals surface area contributed by atoms with Crippen molar-refractivity contribution in [3.8, 4) is 0 Å². The first-order valence-electron chi connectivity index (χ1n) is 7.26. The van der Waals surface area contributed by atoms with Crippen molar-refractivity contribution in [3.05, 3.63) is 23.0 Å². The zero-order valence-electron chi connectivity index (χ0n) is 12.6. The second-order valence-electron chi connectivity index (χ2n) is 5.80. The lowest BCUT2D eigenvalue weighted by Crippen LogP contribution is -2.53. The Bertz CT molecular complexity index is 567. The molecule has 1 fully saturated rings. The molecule has 1 amide bonds. The maximum absolute atomic E-state index is 12.8. The van der Waals surface area contributed by atoms with Crippen LogP contribution in [0.4, 0.5) is 0 Å². The third kappa shape index (κ3) is 2.55. The van der Waals surface area contributed by atoms with Crippen LogP contribution in [0.2, 0.25) is 5.02 Å². The fourth-order valence-electron chi connectivity index (χ4n) is 3.10. The first kappa shape index (κ1) is 15.9. The van der Waals surface area contributed by atoms with Crippen molar-refractivity contribution < 1.29 is 14.7 Å². The number of hydrogen-bond donors (Lipinski definition) is 1. The highest BCUT2D eigenvalue weighted by molar-refractivity contribution is 6.31. The van der Waals surface area contributed by atoms with Gasteiger partial charge in [0, 0.05) is 18.8 Å². The molecule has 0 aliphatic carbocycles. The van der Waals surface area contributed by atoms with E-state index in [0.717, 1.165) is 0 Å². The maximum Gasteiger partial charge on any atom is 0.329 e. The standard InChI is InChI=1S/C15H21ClN2O3/c1-4-15(14(20)21)6-5-7-18(15)13(19)12-8-11(16)9-17(12)10(2)3/h8-10H,4-7H2,1-3H3,(H,20,21). The molecule has 0 radical (unpaired) electrons. The minimum atomic E-state index is -1.09. The molecule has 6 heteroatoms. The molecule has 116 valence electrons. The van der Waals surface area contributed by atoms with Crippen LogP contribution in [-0.4, -0.2) is 38.5 Å². The van der Waals surface area contributed by atoms with E-state index >= 15 is 0 Å². The van der Waals surface area contributed by atoms with Crippen LogP contribution >= 0.6 is 11.6 Å². The smallest absolute Gasteiger partial charge is 0.329 e. The minimum Gasteiger partial charge on any atom is -0.479 e. The van der Waals surface area contributed by atoms with Gasteiger partial charge < -0.3 is 14.6 Å². The number of aromatic nitrogens is 1. The first-order valence-corrected chi connectivity index (χ1v) is 7.64. The molecule has 0 spiro atoms. The van der Waals surface area contributed by atoms with Gasteiger partial charge in [0.1, 0.15) is 11.2 Å². The number of likely N-dealkylation sites (tertiary alicyclic amines) is 1. The molecule has 1 unspecified atom stereocenters. The van der Waals surface area contributed by atoms with Gasteiger partial charge in [-0.15, -0.1) is 0 Å². The Morgan fingerprint density at radius 2 is 2.14 bits per heavy atom. The highest BCUT2D eigenvalue weighted by atomic mass is 35.5. The summed E-state index contributed by atoms with van der Waals surface area (Å²) in [6.45, 7) is 6.21. The summed E-state index contributed by atoms with van der Waals surface area (Å²) < 4.78 is 1.80. The van der Waals surface area contributed by atoms with E-state index in [2.05, 4.69) is 0 Å². The van der Waals surface area contributed by atoms with Gasteiger partial charge in [-0.25, -0.2) is 4.79 Å². The van der Waals surface area contributed by atoms with Gasteiger partial charge in [0.2, 0.25) is 0 Å². The molecule has 5 nitrogen and oxygen atoms in total. The van der Waals surface area contributed by atoms with E-state index in [1.54, 1.807) is 16.8 Å². The van der Waals surface area contributed by atoms with Crippen LogP contribution in [0.1, 0.15) is 56.6 Å². The number of halogens is 1. The molecule has 0 bridgehead atoms. The molecule has 1 aromatic rings. The summed E-state index contributed by atoms with van der Waals surface area (Å²) in [7, 11) is 0. The van der Waals surface area contributed by atoms with Crippen LogP contribution in [0.25, 0.3) is 0 Å². The summed E-state index contributed by atoms with van der Waals surface area (Å²) in [5, 5.41) is 10.1. The quantitative estimate of drug-likeness (QED) is 0.928. The maximum atomic E-state index is 12.8. The highest BCUT2D eigenvalue weighted by Gasteiger charge is 2.49. The van der Waals surface area contributed by atoms with E-state index in [9.17, 15) is 14.7 Å². The van der Waals surface area contributed by atoms with Crippen molar-refractivity contribution in [2.45, 2.75) is 51.6 Å². The van der Waals surface area contributed by atoms with Gasteiger partial charge in [0.05, 0.1) is 5.02 Å². The van der Waals surface area contributed by atoms with Gasteiger partial charge in [-0.1, -0.05) is 18.5 Å². The largest absolute Gasteiger partial charge is 0.479 e. The molecule has 21 heavy (non-hydrogen) atoms. The van der Waals surface area contributed by atoms with Gasteiger partial charge in [0.25, 0.3) is 5.91 Å². The van der Waals surface area contributed by atoms with Gasteiger partial charge in [0.15, 0.2) is 0 Å². The van der Waals surface area contributed by atoms with E-state index < -0.39 is 11.5 Å². The zero-order chi connectivity index (χ0) is 15.8. The van der Waals surface area contributed by atoms with E-state index in [1.165, 1.54) is 4.90 Å². The average molecular weight is 313 g/mol. The Kier molecular flexibility index (Phi) is 4.33. The van der Waals surface area contributed by atoms with Crippen LogP contribution in [0.3, 0.4) is 0 Å². The number of carboxylic acid groups (broad SMARTS) is 1. The monoisotopic (exact) mass is 312 g/mol. The van der Waals surface area contributed by atoms with E-state index in [1.807, 2.05) is 20.8 Å². The summed E-state index contributed by atoms with van der Waals surface area (Å²) in [6.07, 6.45) is 3.33. The highest BCUT2D eigenvalue weighted by Crippen LogP contribution is 2.35. The Labute approximate surface area is 129 Å². The third-order valence-corrected chi connectivity index (χ3v) is 4.51. The predicted molar refractivity (Wildman–Crippen MR) is 80.8 cm³/mol. The van der Waals surface area contributed by atoms with E-state index in [0.29, 0.717) is 36.5 Å². The average Bonchev–Trinajstić information content (AvgIpc) is 3.01. The van der Waals surface area contributed by atoms with Gasteiger partial charge in [-0.05, 0) is 39.2 Å². The summed E-state index contributed by atoms with van der Waals surface area (Å²) in [4.78, 5) is 26.0. The van der Waals surface area contributed by atoms with Crippen LogP contribution < -0.4 is 0 Å². The Morgan fingerprint density at radius 1 is 1.48 bits per heavy atom. The number of carboxylic acids is 1. The second kappa shape index (κ2) is 5.72. The van der Waals surface area contributed by atoms with Crippen LogP contribution in [0.5, 0.6) is 0 Å². The lowest BCUT2D eigenvalue weighted by atomic mass is 9.93. The molecule has 2 rings (SSSR count). The van der Waals surface area contributed by atoms with Crippen molar-refractivity contribution in [1.82, 2.24) is 9.47 Å². The predicted octanol–water partition coefficient (Wildman–Crippen LogP) is 3.19. The first-order chi connectivity index (χ1) is 9.83. The van der Waals surface area contributed by atoms with Crippen LogP contribution in [0.15, 0.2) is 12.3 Å². The molecule has 1 aliphatic rings. The number of rotatable bonds is 4. The van der Waals surface area contributed by atoms with E-state index in [-0.39, 0.29) is 11.9 Å². The molecule has 1 N–H and O–H groups in total. The zero-order valence-corrected chi connectivity index (χ0v) is 13.4. The molecule has 2 heterocycles. The SMILES string of the molecule is CCC1(C(=O)O)CCCN1C(=O)c1cc(Cl)cn1C(C)C. The number of carbonyl (C=O) groups is 2. The van der Waals surface area contributed by atoms with Crippen LogP contribution in [-0.2, 0) is 4.79 Å². The van der Waals surface area contributed by atoms with Gasteiger partial charge in [-0.2, -0.15) is 0 Å². The Balaban J connectivity index is 2.42. The molecule has 0 aromatic carbocycles. The number of amides is 1. The van der Waals surface area contributed by atoms with Crippen molar-refractivity contribution in [2.75, 3.05) is 6.54 Å². The summed E-state index contributed by atoms with van der Waals surface area (Å²) in [5.74, 6) is -1.18. The Hall–Kier alpha value is -1.49. The van der Waals surface area contributed by atoms with Crippen LogP contribution in [0, 0.1) is 0 Å². The normalized spacial score (nSPS) is 22.0. The summed E-state index contributed by atoms with van der Waals surface area (Å²) >= 11 is 6.02. The third-order valence-electron chi connectivity index (χ3n) is 4.31. The minimum absolute atomic E-state index is 0.0832. The number of aliphatic carboxylic acids is 1. The molecule has 1 atom stereocenters. The lowest BCUT2D eigenvalue weighted by Gasteiger charge is -2.34. The van der Waals surface area contributed by atoms with Crippen molar-refractivity contribution in [1.29, 1.82) is 0 Å². The summed E-state index contributed by atoms with van der Waals surface area (Å²) in [6, 6.07) is 1.70. The second-order valence-corrected chi connectivity index (χ2v) is 6.23. The van der Waals surface area contributed by atoms with Gasteiger partial charge >= 0.3 is 5.97 Å². The molecular formula is C15H21ClN2O3. The topological polar surface area (TPSA) is 62.5 Å². The molecule has 1 aromatic heterocycles. The molecule has 1 aliphatic heterocycles. The number of nitrogens with zero attached hydrogens (tertiary/aromatic N) is 2. The number of carbonyl (C=O) groups excluding carboxylic acids is 1. The lowest BCUT2D eigenvalue weighted by molar-refractivity contribution is -0.148. The molecule has 0 saturated carbocycles. The fraction of sp³-hybridized carbons (Fsp3) is 0.600. The molecular weight excluding hydrogens is 292 g/mol. The Morgan fingerprint density at radius 3 is 2.67 bits per heavy atom. The van der Waals surface area contributed by atoms with Crippen molar-refractivity contribution in [3.63, 3.8) is 0 Å². The molecule has 1 saturated heterocycles. The van der Waals surface area contributed by atoms with Crippen molar-refractivity contribution in [2.24, 2.45) is 0 Å².